The second-order valence-electron chi connectivity index (χ2n) is 5.52. The standard InChI is InChI=1S/C14H22N2O2/c1-14(2,3)18-12-8-6-11(7-9-12)15-13(17)10-16(4)5/h6-9H,10H2,1-5H3,(H,15,17). The summed E-state index contributed by atoms with van der Waals surface area (Å²) in [5.41, 5.74) is 0.568. The number of carbonyl (C=O) groups excluding carboxylic acids is 1. The Morgan fingerprint density at radius 2 is 1.78 bits per heavy atom. The van der Waals surface area contributed by atoms with Crippen LogP contribution in [0.3, 0.4) is 0 Å². The summed E-state index contributed by atoms with van der Waals surface area (Å²) in [6.07, 6.45) is 0. The minimum atomic E-state index is -0.213. The van der Waals surface area contributed by atoms with Gasteiger partial charge in [0.25, 0.3) is 0 Å². The smallest absolute Gasteiger partial charge is 0.238 e. The van der Waals surface area contributed by atoms with E-state index in [4.69, 9.17) is 4.74 Å². The van der Waals surface area contributed by atoms with Crippen LogP contribution in [0.4, 0.5) is 5.69 Å². The molecule has 1 rings (SSSR count). The highest BCUT2D eigenvalue weighted by molar-refractivity contribution is 5.92. The number of carbonyl (C=O) groups is 1. The van der Waals surface area contributed by atoms with E-state index in [9.17, 15) is 4.79 Å². The maximum absolute atomic E-state index is 11.6. The Kier molecular flexibility index (Phi) is 4.73. The summed E-state index contributed by atoms with van der Waals surface area (Å²) in [4.78, 5) is 13.4. The van der Waals surface area contributed by atoms with Gasteiger partial charge in [0.1, 0.15) is 11.4 Å². The van der Waals surface area contributed by atoms with Crippen LogP contribution in [-0.4, -0.2) is 37.0 Å². The zero-order valence-corrected chi connectivity index (χ0v) is 11.8. The largest absolute Gasteiger partial charge is 0.488 e. The van der Waals surface area contributed by atoms with Gasteiger partial charge in [0, 0.05) is 5.69 Å². The minimum absolute atomic E-state index is 0.0236. The van der Waals surface area contributed by atoms with Crippen LogP contribution in [0.15, 0.2) is 24.3 Å². The van der Waals surface area contributed by atoms with Gasteiger partial charge >= 0.3 is 0 Å². The number of nitrogens with zero attached hydrogens (tertiary/aromatic N) is 1. The van der Waals surface area contributed by atoms with Gasteiger partial charge in [-0.3, -0.25) is 4.79 Å². The van der Waals surface area contributed by atoms with Gasteiger partial charge in [0.15, 0.2) is 0 Å². The van der Waals surface area contributed by atoms with Gasteiger partial charge < -0.3 is 15.0 Å². The molecule has 1 amide bonds. The van der Waals surface area contributed by atoms with Crippen molar-refractivity contribution in [3.63, 3.8) is 0 Å². The molecular formula is C14H22N2O2. The van der Waals surface area contributed by atoms with Gasteiger partial charge in [-0.25, -0.2) is 0 Å². The van der Waals surface area contributed by atoms with Gasteiger partial charge in [-0.1, -0.05) is 0 Å². The molecule has 1 aromatic carbocycles. The first-order chi connectivity index (χ1) is 8.26. The third-order valence-electron chi connectivity index (χ3n) is 2.02. The number of hydrogen-bond acceptors (Lipinski definition) is 3. The van der Waals surface area contributed by atoms with Crippen molar-refractivity contribution in [3.8, 4) is 5.75 Å². The summed E-state index contributed by atoms with van der Waals surface area (Å²) < 4.78 is 5.71. The molecule has 0 spiro atoms. The van der Waals surface area contributed by atoms with E-state index in [2.05, 4.69) is 5.32 Å². The van der Waals surface area contributed by atoms with E-state index in [-0.39, 0.29) is 11.5 Å². The molecule has 0 unspecified atom stereocenters. The van der Waals surface area contributed by atoms with Crippen LogP contribution in [0, 0.1) is 0 Å². The maximum Gasteiger partial charge on any atom is 0.238 e. The zero-order chi connectivity index (χ0) is 13.8. The van der Waals surface area contributed by atoms with Gasteiger partial charge in [0.05, 0.1) is 6.54 Å². The molecule has 1 N–H and O–H groups in total. The molecule has 0 heterocycles. The number of hydrogen-bond donors (Lipinski definition) is 1. The van der Waals surface area contributed by atoms with Crippen LogP contribution in [0.25, 0.3) is 0 Å². The molecule has 0 fully saturated rings. The molecular weight excluding hydrogens is 228 g/mol. The van der Waals surface area contributed by atoms with Crippen molar-refractivity contribution in [1.82, 2.24) is 4.90 Å². The highest BCUT2D eigenvalue weighted by Gasteiger charge is 2.11. The number of nitrogens with one attached hydrogen (secondary N) is 1. The van der Waals surface area contributed by atoms with E-state index in [1.165, 1.54) is 0 Å². The average molecular weight is 250 g/mol. The third kappa shape index (κ3) is 5.68. The highest BCUT2D eigenvalue weighted by Crippen LogP contribution is 2.20. The van der Waals surface area contributed by atoms with Crippen molar-refractivity contribution < 1.29 is 9.53 Å². The minimum Gasteiger partial charge on any atom is -0.488 e. The van der Waals surface area contributed by atoms with Crippen LogP contribution in [-0.2, 0) is 4.79 Å². The highest BCUT2D eigenvalue weighted by atomic mass is 16.5. The lowest BCUT2D eigenvalue weighted by molar-refractivity contribution is -0.116. The fraction of sp³-hybridized carbons (Fsp3) is 0.500. The fourth-order valence-electron chi connectivity index (χ4n) is 1.45. The Balaban J connectivity index is 2.58. The Bertz CT molecular complexity index is 391. The predicted molar refractivity (Wildman–Crippen MR) is 74.0 cm³/mol. The first-order valence-corrected chi connectivity index (χ1v) is 6.00. The summed E-state index contributed by atoms with van der Waals surface area (Å²) in [6, 6.07) is 7.40. The van der Waals surface area contributed by atoms with E-state index >= 15 is 0 Å². The SMILES string of the molecule is CN(C)CC(=O)Nc1ccc(OC(C)(C)C)cc1. The van der Waals surface area contributed by atoms with Crippen molar-refractivity contribution in [1.29, 1.82) is 0 Å². The third-order valence-corrected chi connectivity index (χ3v) is 2.02. The van der Waals surface area contributed by atoms with Crippen molar-refractivity contribution >= 4 is 11.6 Å². The first kappa shape index (κ1) is 14.5. The molecule has 0 aliphatic rings. The zero-order valence-electron chi connectivity index (χ0n) is 11.8. The van der Waals surface area contributed by atoms with Gasteiger partial charge in [-0.15, -0.1) is 0 Å². The molecule has 18 heavy (non-hydrogen) atoms. The second-order valence-corrected chi connectivity index (χ2v) is 5.52. The van der Waals surface area contributed by atoms with Crippen molar-refractivity contribution in [2.45, 2.75) is 26.4 Å². The van der Waals surface area contributed by atoms with Crippen LogP contribution < -0.4 is 10.1 Å². The fourth-order valence-corrected chi connectivity index (χ4v) is 1.45. The van der Waals surface area contributed by atoms with E-state index in [0.29, 0.717) is 6.54 Å². The van der Waals surface area contributed by atoms with Crippen LogP contribution in [0.5, 0.6) is 5.75 Å². The number of benzene rings is 1. The number of amides is 1. The topological polar surface area (TPSA) is 41.6 Å². The second kappa shape index (κ2) is 5.87. The molecule has 0 saturated heterocycles. The number of anilines is 1. The molecule has 4 nitrogen and oxygen atoms in total. The van der Waals surface area contributed by atoms with Crippen molar-refractivity contribution in [2.75, 3.05) is 26.0 Å². The molecule has 0 aliphatic heterocycles. The summed E-state index contributed by atoms with van der Waals surface area (Å²) in [6.45, 7) is 6.37. The monoisotopic (exact) mass is 250 g/mol. The molecule has 0 bridgehead atoms. The Hall–Kier alpha value is -1.55. The summed E-state index contributed by atoms with van der Waals surface area (Å²) >= 11 is 0. The average Bonchev–Trinajstić information content (AvgIpc) is 2.17. The quantitative estimate of drug-likeness (QED) is 0.892. The van der Waals surface area contributed by atoms with Crippen molar-refractivity contribution in [2.24, 2.45) is 0 Å². The van der Waals surface area contributed by atoms with Gasteiger partial charge in [-0.2, -0.15) is 0 Å². The van der Waals surface area contributed by atoms with Crippen LogP contribution in [0.1, 0.15) is 20.8 Å². The van der Waals surface area contributed by atoms with Crippen LogP contribution >= 0.6 is 0 Å². The lowest BCUT2D eigenvalue weighted by atomic mass is 10.2. The molecule has 0 radical (unpaired) electrons. The Labute approximate surface area is 109 Å². The molecule has 4 heteroatoms. The first-order valence-electron chi connectivity index (χ1n) is 6.00. The molecule has 1 aromatic rings. The molecule has 100 valence electrons. The lowest BCUT2D eigenvalue weighted by Gasteiger charge is -2.21. The lowest BCUT2D eigenvalue weighted by Crippen LogP contribution is -2.27. The molecule has 0 saturated carbocycles. The Morgan fingerprint density at radius 3 is 2.22 bits per heavy atom. The molecule has 0 atom stereocenters. The number of likely N-dealkylation sites (N-methyl/N-ethyl adjacent to an activating group) is 1. The van der Waals surface area contributed by atoms with E-state index in [0.717, 1.165) is 11.4 Å². The summed E-state index contributed by atoms with van der Waals surface area (Å²) in [5, 5.41) is 2.83. The van der Waals surface area contributed by atoms with E-state index in [1.807, 2.05) is 64.0 Å². The summed E-state index contributed by atoms with van der Waals surface area (Å²) in [5.74, 6) is 0.776. The van der Waals surface area contributed by atoms with E-state index < -0.39 is 0 Å². The number of rotatable bonds is 4. The molecule has 0 aliphatic carbocycles. The maximum atomic E-state index is 11.6. The summed E-state index contributed by atoms with van der Waals surface area (Å²) in [7, 11) is 3.72. The number of ether oxygens (including phenoxy) is 1. The van der Waals surface area contributed by atoms with Crippen LogP contribution in [0.2, 0.25) is 0 Å². The normalized spacial score (nSPS) is 11.4. The Morgan fingerprint density at radius 1 is 1.22 bits per heavy atom. The van der Waals surface area contributed by atoms with Gasteiger partial charge in [-0.05, 0) is 59.1 Å². The molecule has 0 aromatic heterocycles. The predicted octanol–water partition coefficient (Wildman–Crippen LogP) is 2.36. The van der Waals surface area contributed by atoms with E-state index in [1.54, 1.807) is 0 Å². The van der Waals surface area contributed by atoms with Gasteiger partial charge in [0.2, 0.25) is 5.91 Å². The van der Waals surface area contributed by atoms with Crippen molar-refractivity contribution in [3.05, 3.63) is 24.3 Å².